The van der Waals surface area contributed by atoms with Crippen LogP contribution in [0, 0.1) is 13.8 Å². The number of nitrogens with one attached hydrogen (secondary N) is 3. The van der Waals surface area contributed by atoms with Crippen molar-refractivity contribution >= 4 is 27.6 Å². The van der Waals surface area contributed by atoms with Gasteiger partial charge in [-0.05, 0) is 62.6 Å². The van der Waals surface area contributed by atoms with Gasteiger partial charge < -0.3 is 10.6 Å². The second kappa shape index (κ2) is 11.5. The molecule has 0 aliphatic heterocycles. The van der Waals surface area contributed by atoms with E-state index in [-0.39, 0.29) is 10.8 Å². The zero-order valence-corrected chi connectivity index (χ0v) is 19.7. The lowest BCUT2D eigenvalue weighted by atomic mass is 10.2. The predicted molar refractivity (Wildman–Crippen MR) is 130 cm³/mol. The zero-order chi connectivity index (χ0) is 23.7. The van der Waals surface area contributed by atoms with Gasteiger partial charge in [0.05, 0.1) is 4.90 Å². The Kier molecular flexibility index (Phi) is 8.51. The maximum absolute atomic E-state index is 12.5. The fourth-order valence-electron chi connectivity index (χ4n) is 3.25. The molecule has 1 heterocycles. The number of rotatable bonds is 11. The van der Waals surface area contributed by atoms with Crippen LogP contribution in [0.2, 0.25) is 0 Å². The van der Waals surface area contributed by atoms with Crippen LogP contribution in [0.15, 0.2) is 65.6 Å². The fraction of sp³-hybridized carbons (Fsp3) is 0.292. The standard InChI is InChI=1S/C24H29N5O3S/c1-18-17-19(2)28-24(27-18)25-15-6-9-23(30)29-21-10-12-22(13-11-21)33(31,32)26-16-14-20-7-4-3-5-8-20/h3-5,7-8,10-13,17,26H,6,9,14-16H2,1-2H3,(H,29,30)(H,25,27,28). The maximum atomic E-state index is 12.5. The molecular formula is C24H29N5O3S. The molecule has 0 radical (unpaired) electrons. The van der Waals surface area contributed by atoms with Gasteiger partial charge >= 0.3 is 0 Å². The van der Waals surface area contributed by atoms with Crippen molar-refractivity contribution in [1.29, 1.82) is 0 Å². The molecule has 9 heteroatoms. The monoisotopic (exact) mass is 467 g/mol. The van der Waals surface area contributed by atoms with Crippen LogP contribution in [0.5, 0.6) is 0 Å². The molecule has 8 nitrogen and oxygen atoms in total. The molecule has 0 saturated heterocycles. The Morgan fingerprint density at radius 3 is 2.24 bits per heavy atom. The summed E-state index contributed by atoms with van der Waals surface area (Å²) < 4.78 is 27.6. The van der Waals surface area contributed by atoms with Crippen molar-refractivity contribution in [3.63, 3.8) is 0 Å². The van der Waals surface area contributed by atoms with Gasteiger partial charge in [-0.2, -0.15) is 0 Å². The highest BCUT2D eigenvalue weighted by molar-refractivity contribution is 7.89. The van der Waals surface area contributed by atoms with Crippen molar-refractivity contribution in [3.05, 3.63) is 77.6 Å². The number of benzene rings is 2. The fourth-order valence-corrected chi connectivity index (χ4v) is 4.28. The van der Waals surface area contributed by atoms with Gasteiger partial charge in [0.15, 0.2) is 0 Å². The Morgan fingerprint density at radius 1 is 0.909 bits per heavy atom. The SMILES string of the molecule is Cc1cc(C)nc(NCCCC(=O)Nc2ccc(S(=O)(=O)NCCc3ccccc3)cc2)n1. The molecule has 0 aliphatic rings. The van der Waals surface area contributed by atoms with E-state index in [2.05, 4.69) is 25.3 Å². The molecule has 3 rings (SSSR count). The molecule has 3 N–H and O–H groups in total. The van der Waals surface area contributed by atoms with Gasteiger partial charge in [-0.15, -0.1) is 0 Å². The van der Waals surface area contributed by atoms with Gasteiger partial charge in [-0.25, -0.2) is 23.1 Å². The Balaban J connectivity index is 1.41. The first kappa shape index (κ1) is 24.3. The number of sulfonamides is 1. The molecule has 1 amide bonds. The van der Waals surface area contributed by atoms with E-state index < -0.39 is 10.0 Å². The number of nitrogens with zero attached hydrogens (tertiary/aromatic N) is 2. The lowest BCUT2D eigenvalue weighted by molar-refractivity contribution is -0.116. The highest BCUT2D eigenvalue weighted by Crippen LogP contribution is 2.15. The number of anilines is 2. The van der Waals surface area contributed by atoms with Crippen LogP contribution in [0.25, 0.3) is 0 Å². The van der Waals surface area contributed by atoms with Crippen molar-refractivity contribution in [1.82, 2.24) is 14.7 Å². The van der Waals surface area contributed by atoms with Gasteiger partial charge in [0, 0.05) is 36.6 Å². The van der Waals surface area contributed by atoms with E-state index in [1.54, 1.807) is 12.1 Å². The summed E-state index contributed by atoms with van der Waals surface area (Å²) in [6, 6.07) is 17.7. The number of carbonyl (C=O) groups excluding carboxylic acids is 1. The molecule has 0 atom stereocenters. The summed E-state index contributed by atoms with van der Waals surface area (Å²) in [6.45, 7) is 4.70. The normalized spacial score (nSPS) is 11.2. The first-order valence-corrected chi connectivity index (χ1v) is 12.3. The predicted octanol–water partition coefficient (Wildman–Crippen LogP) is 3.45. The molecule has 3 aromatic rings. The van der Waals surface area contributed by atoms with Crippen LogP contribution in [-0.2, 0) is 21.2 Å². The summed E-state index contributed by atoms with van der Waals surface area (Å²) in [6.07, 6.45) is 1.54. The minimum atomic E-state index is -3.61. The third-order valence-corrected chi connectivity index (χ3v) is 6.32. The number of carbonyl (C=O) groups is 1. The van der Waals surface area contributed by atoms with Gasteiger partial charge in [0.1, 0.15) is 0 Å². The quantitative estimate of drug-likeness (QED) is 0.372. The van der Waals surface area contributed by atoms with E-state index in [0.717, 1.165) is 17.0 Å². The van der Waals surface area contributed by atoms with Gasteiger partial charge in [0.2, 0.25) is 21.9 Å². The van der Waals surface area contributed by atoms with E-state index in [9.17, 15) is 13.2 Å². The Bertz CT molecular complexity index is 1150. The molecule has 0 spiro atoms. The summed E-state index contributed by atoms with van der Waals surface area (Å²) in [5, 5.41) is 5.91. The van der Waals surface area contributed by atoms with Gasteiger partial charge in [-0.1, -0.05) is 30.3 Å². The minimum absolute atomic E-state index is 0.144. The molecule has 0 fully saturated rings. The topological polar surface area (TPSA) is 113 Å². The van der Waals surface area contributed by atoms with Crippen molar-refractivity contribution < 1.29 is 13.2 Å². The van der Waals surface area contributed by atoms with Crippen LogP contribution in [0.4, 0.5) is 11.6 Å². The number of hydrogen-bond acceptors (Lipinski definition) is 6. The molecule has 1 aromatic heterocycles. The van der Waals surface area contributed by atoms with E-state index in [1.165, 1.54) is 12.1 Å². The molecule has 33 heavy (non-hydrogen) atoms. The van der Waals surface area contributed by atoms with Gasteiger partial charge in [0.25, 0.3) is 0 Å². The van der Waals surface area contributed by atoms with Crippen LogP contribution in [0.3, 0.4) is 0 Å². The zero-order valence-electron chi connectivity index (χ0n) is 18.8. The second-order valence-corrected chi connectivity index (χ2v) is 9.48. The molecule has 0 bridgehead atoms. The summed E-state index contributed by atoms with van der Waals surface area (Å²) >= 11 is 0. The molecule has 2 aromatic carbocycles. The van der Waals surface area contributed by atoms with Crippen molar-refractivity contribution in [2.75, 3.05) is 23.7 Å². The van der Waals surface area contributed by atoms with Gasteiger partial charge in [-0.3, -0.25) is 4.79 Å². The number of hydrogen-bond donors (Lipinski definition) is 3. The van der Waals surface area contributed by atoms with Crippen LogP contribution < -0.4 is 15.4 Å². The Morgan fingerprint density at radius 2 is 1.58 bits per heavy atom. The minimum Gasteiger partial charge on any atom is -0.354 e. The van der Waals surface area contributed by atoms with E-state index >= 15 is 0 Å². The molecular weight excluding hydrogens is 438 g/mol. The third kappa shape index (κ3) is 7.96. The first-order valence-electron chi connectivity index (χ1n) is 10.8. The average Bonchev–Trinajstić information content (AvgIpc) is 2.77. The highest BCUT2D eigenvalue weighted by Gasteiger charge is 2.13. The van der Waals surface area contributed by atoms with Crippen LogP contribution in [-0.4, -0.2) is 37.4 Å². The number of aromatic nitrogens is 2. The van der Waals surface area contributed by atoms with Crippen LogP contribution in [0.1, 0.15) is 29.8 Å². The molecule has 0 saturated carbocycles. The summed E-state index contributed by atoms with van der Waals surface area (Å²) in [7, 11) is -3.61. The smallest absolute Gasteiger partial charge is 0.240 e. The van der Waals surface area contributed by atoms with Crippen LogP contribution >= 0.6 is 0 Å². The molecule has 174 valence electrons. The largest absolute Gasteiger partial charge is 0.354 e. The van der Waals surface area contributed by atoms with E-state index in [4.69, 9.17) is 0 Å². The molecule has 0 aliphatic carbocycles. The lowest BCUT2D eigenvalue weighted by Crippen LogP contribution is -2.26. The maximum Gasteiger partial charge on any atom is 0.240 e. The van der Waals surface area contributed by atoms with Crippen molar-refractivity contribution in [2.45, 2.75) is 38.0 Å². The van der Waals surface area contributed by atoms with E-state index in [1.807, 2.05) is 50.2 Å². The average molecular weight is 468 g/mol. The first-order chi connectivity index (χ1) is 15.8. The van der Waals surface area contributed by atoms with E-state index in [0.29, 0.717) is 44.0 Å². The Labute approximate surface area is 194 Å². The number of amides is 1. The van der Waals surface area contributed by atoms with Crippen molar-refractivity contribution in [2.24, 2.45) is 0 Å². The molecule has 0 unspecified atom stereocenters. The summed E-state index contributed by atoms with van der Waals surface area (Å²) in [5.41, 5.74) is 3.39. The number of aryl methyl sites for hydroxylation is 2. The Hall–Kier alpha value is -3.30. The highest BCUT2D eigenvalue weighted by atomic mass is 32.2. The second-order valence-electron chi connectivity index (χ2n) is 7.71. The summed E-state index contributed by atoms with van der Waals surface area (Å²) in [4.78, 5) is 21.0. The summed E-state index contributed by atoms with van der Waals surface area (Å²) in [5.74, 6) is 0.414. The third-order valence-electron chi connectivity index (χ3n) is 4.84. The lowest BCUT2D eigenvalue weighted by Gasteiger charge is -2.09. The van der Waals surface area contributed by atoms with Crippen molar-refractivity contribution in [3.8, 4) is 0 Å².